The first-order chi connectivity index (χ1) is 10.9. The van der Waals surface area contributed by atoms with Crippen molar-refractivity contribution in [3.63, 3.8) is 0 Å². The molecule has 0 unspecified atom stereocenters. The van der Waals surface area contributed by atoms with Gasteiger partial charge in [0, 0.05) is 11.7 Å². The summed E-state index contributed by atoms with van der Waals surface area (Å²) in [5.74, 6) is 1.11. The van der Waals surface area contributed by atoms with E-state index in [9.17, 15) is 0 Å². The highest BCUT2D eigenvalue weighted by Gasteiger charge is 2.18. The molecule has 3 nitrogen and oxygen atoms in total. The Hall–Kier alpha value is -2.29. The van der Waals surface area contributed by atoms with Crippen LogP contribution in [-0.2, 0) is 12.8 Å². The third kappa shape index (κ3) is 3.73. The van der Waals surface area contributed by atoms with Crippen LogP contribution < -0.4 is 5.32 Å². The molecule has 0 aliphatic heterocycles. The van der Waals surface area contributed by atoms with Gasteiger partial charge in [0.15, 0.2) is 0 Å². The van der Waals surface area contributed by atoms with E-state index in [1.54, 1.807) is 0 Å². The second-order valence-electron chi connectivity index (χ2n) is 7.20. The zero-order valence-corrected chi connectivity index (χ0v) is 14.4. The van der Waals surface area contributed by atoms with Crippen molar-refractivity contribution in [2.24, 2.45) is 0 Å². The Morgan fingerprint density at radius 2 is 1.78 bits per heavy atom. The largest absolute Gasteiger partial charge is 0.365 e. The average Bonchev–Trinajstić information content (AvgIpc) is 2.81. The molecule has 0 atom stereocenters. The summed E-state index contributed by atoms with van der Waals surface area (Å²) in [6, 6.07) is 14.9. The van der Waals surface area contributed by atoms with Gasteiger partial charge in [-0.15, -0.1) is 0 Å². The zero-order chi connectivity index (χ0) is 16.4. The number of nitrogens with zero attached hydrogens (tertiary/aromatic N) is 2. The highest BCUT2D eigenvalue weighted by molar-refractivity contribution is 5.57. The van der Waals surface area contributed by atoms with Gasteiger partial charge >= 0.3 is 0 Å². The van der Waals surface area contributed by atoms with Crippen LogP contribution in [0.15, 0.2) is 48.7 Å². The lowest BCUT2D eigenvalue weighted by atomic mass is 10.1. The monoisotopic (exact) mass is 307 g/mol. The van der Waals surface area contributed by atoms with E-state index >= 15 is 0 Å². The number of hydrogen-bond acceptors (Lipinski definition) is 2. The maximum Gasteiger partial charge on any atom is 0.138 e. The van der Waals surface area contributed by atoms with Crippen LogP contribution in [0.3, 0.4) is 0 Å². The van der Waals surface area contributed by atoms with Crippen molar-refractivity contribution in [3.8, 4) is 0 Å². The summed E-state index contributed by atoms with van der Waals surface area (Å²) in [5, 5.41) is 3.63. The van der Waals surface area contributed by atoms with Gasteiger partial charge in [0.05, 0.1) is 5.69 Å². The van der Waals surface area contributed by atoms with Crippen LogP contribution in [-0.4, -0.2) is 14.9 Å². The van der Waals surface area contributed by atoms with Crippen molar-refractivity contribution in [1.82, 2.24) is 9.38 Å². The third-order valence-corrected chi connectivity index (χ3v) is 3.84. The number of aromatic nitrogens is 2. The van der Waals surface area contributed by atoms with Gasteiger partial charge in [-0.3, -0.25) is 4.40 Å². The Morgan fingerprint density at radius 1 is 1.04 bits per heavy atom. The number of anilines is 1. The molecule has 0 saturated carbocycles. The lowest BCUT2D eigenvalue weighted by molar-refractivity contribution is 0.627. The van der Waals surface area contributed by atoms with Crippen LogP contribution in [0.4, 0.5) is 5.82 Å². The quantitative estimate of drug-likeness (QED) is 0.761. The molecule has 3 rings (SSSR count). The number of nitrogens with one attached hydrogen (secondary N) is 1. The van der Waals surface area contributed by atoms with E-state index in [0.29, 0.717) is 0 Å². The van der Waals surface area contributed by atoms with Gasteiger partial charge < -0.3 is 5.32 Å². The SMILES string of the molecule is Cc1ccn2c(NC(C)(C)C)c(CCc3ccccc3)nc2c1. The van der Waals surface area contributed by atoms with E-state index in [1.807, 2.05) is 0 Å². The predicted octanol–water partition coefficient (Wildman–Crippen LogP) is 4.64. The van der Waals surface area contributed by atoms with E-state index in [-0.39, 0.29) is 5.54 Å². The molecule has 2 heterocycles. The molecule has 0 amide bonds. The van der Waals surface area contributed by atoms with E-state index in [1.165, 1.54) is 11.1 Å². The summed E-state index contributed by atoms with van der Waals surface area (Å²) in [5.41, 5.74) is 4.73. The first-order valence-corrected chi connectivity index (χ1v) is 8.22. The summed E-state index contributed by atoms with van der Waals surface area (Å²) >= 11 is 0. The fraction of sp³-hybridized carbons (Fsp3) is 0.350. The molecule has 0 bridgehead atoms. The summed E-state index contributed by atoms with van der Waals surface area (Å²) in [6.45, 7) is 8.65. The summed E-state index contributed by atoms with van der Waals surface area (Å²) < 4.78 is 2.17. The maximum absolute atomic E-state index is 4.87. The van der Waals surface area contributed by atoms with Gasteiger partial charge in [0.1, 0.15) is 11.5 Å². The average molecular weight is 307 g/mol. The number of benzene rings is 1. The molecule has 120 valence electrons. The Balaban J connectivity index is 1.95. The molecule has 0 aliphatic carbocycles. The van der Waals surface area contributed by atoms with Gasteiger partial charge in [-0.1, -0.05) is 30.3 Å². The van der Waals surface area contributed by atoms with E-state index in [4.69, 9.17) is 4.98 Å². The molecule has 2 aromatic heterocycles. The second kappa shape index (κ2) is 6.07. The lowest BCUT2D eigenvalue weighted by Crippen LogP contribution is -2.27. The Morgan fingerprint density at radius 3 is 2.48 bits per heavy atom. The van der Waals surface area contributed by atoms with Gasteiger partial charge in [-0.05, 0) is 63.8 Å². The number of imidazole rings is 1. The fourth-order valence-corrected chi connectivity index (χ4v) is 2.76. The maximum atomic E-state index is 4.87. The van der Waals surface area contributed by atoms with E-state index in [0.717, 1.165) is 30.0 Å². The normalized spacial score (nSPS) is 11.8. The highest BCUT2D eigenvalue weighted by atomic mass is 15.2. The minimum Gasteiger partial charge on any atom is -0.365 e. The van der Waals surface area contributed by atoms with Crippen molar-refractivity contribution in [2.45, 2.75) is 46.1 Å². The molecule has 0 aliphatic rings. The minimum absolute atomic E-state index is 0.00233. The molecule has 0 fully saturated rings. The third-order valence-electron chi connectivity index (χ3n) is 3.84. The Kier molecular flexibility index (Phi) is 4.12. The van der Waals surface area contributed by atoms with Crippen LogP contribution in [0, 0.1) is 6.92 Å². The standard InChI is InChI=1S/C20H25N3/c1-15-12-13-23-18(14-15)21-17(19(23)22-20(2,3)4)11-10-16-8-6-5-7-9-16/h5-9,12-14,22H,10-11H2,1-4H3. The van der Waals surface area contributed by atoms with E-state index < -0.39 is 0 Å². The van der Waals surface area contributed by atoms with Crippen LogP contribution in [0.25, 0.3) is 5.65 Å². The summed E-state index contributed by atoms with van der Waals surface area (Å²) in [7, 11) is 0. The molecule has 3 aromatic rings. The van der Waals surface area contributed by atoms with Gasteiger partial charge in [-0.2, -0.15) is 0 Å². The number of pyridine rings is 1. The Bertz CT molecular complexity index is 795. The highest BCUT2D eigenvalue weighted by Crippen LogP contribution is 2.24. The van der Waals surface area contributed by atoms with Crippen molar-refractivity contribution >= 4 is 11.5 Å². The molecule has 0 radical (unpaired) electrons. The predicted molar refractivity (Wildman–Crippen MR) is 97.2 cm³/mol. The summed E-state index contributed by atoms with van der Waals surface area (Å²) in [6.07, 6.45) is 4.05. The molecule has 23 heavy (non-hydrogen) atoms. The van der Waals surface area contributed by atoms with Crippen molar-refractivity contribution in [1.29, 1.82) is 0 Å². The number of aryl methyl sites for hydroxylation is 3. The molecule has 1 aromatic carbocycles. The van der Waals surface area contributed by atoms with Crippen molar-refractivity contribution in [3.05, 3.63) is 65.5 Å². The van der Waals surface area contributed by atoms with Gasteiger partial charge in [0.25, 0.3) is 0 Å². The second-order valence-corrected chi connectivity index (χ2v) is 7.20. The van der Waals surface area contributed by atoms with Crippen molar-refractivity contribution < 1.29 is 0 Å². The molecular formula is C20H25N3. The van der Waals surface area contributed by atoms with E-state index in [2.05, 4.69) is 86.1 Å². The first-order valence-electron chi connectivity index (χ1n) is 8.22. The smallest absolute Gasteiger partial charge is 0.138 e. The lowest BCUT2D eigenvalue weighted by Gasteiger charge is -2.22. The number of rotatable bonds is 4. The zero-order valence-electron chi connectivity index (χ0n) is 14.4. The summed E-state index contributed by atoms with van der Waals surface area (Å²) in [4.78, 5) is 4.87. The van der Waals surface area contributed by atoms with Crippen LogP contribution >= 0.6 is 0 Å². The molecular weight excluding hydrogens is 282 g/mol. The minimum atomic E-state index is 0.00233. The van der Waals surface area contributed by atoms with Gasteiger partial charge in [0.2, 0.25) is 0 Å². The fourth-order valence-electron chi connectivity index (χ4n) is 2.76. The van der Waals surface area contributed by atoms with Gasteiger partial charge in [-0.25, -0.2) is 4.98 Å². The molecule has 0 spiro atoms. The van der Waals surface area contributed by atoms with Crippen molar-refractivity contribution in [2.75, 3.05) is 5.32 Å². The topological polar surface area (TPSA) is 29.3 Å². The van der Waals surface area contributed by atoms with Crippen LogP contribution in [0.5, 0.6) is 0 Å². The Labute approximate surface area is 138 Å². The molecule has 0 saturated heterocycles. The molecule has 3 heteroatoms. The molecule has 1 N–H and O–H groups in total. The number of hydrogen-bond donors (Lipinski definition) is 1. The van der Waals surface area contributed by atoms with Crippen LogP contribution in [0.2, 0.25) is 0 Å². The first kappa shape index (κ1) is 15.6. The van der Waals surface area contributed by atoms with Crippen LogP contribution in [0.1, 0.15) is 37.6 Å². The number of fused-ring (bicyclic) bond motifs is 1.